The van der Waals surface area contributed by atoms with Gasteiger partial charge in [0, 0.05) is 24.9 Å². The van der Waals surface area contributed by atoms with Gasteiger partial charge in [0.25, 0.3) is 5.56 Å². The molecule has 7 nitrogen and oxygen atoms in total. The molecule has 1 heterocycles. The molecule has 0 radical (unpaired) electrons. The second-order valence-electron chi connectivity index (χ2n) is 8.19. The zero-order valence-corrected chi connectivity index (χ0v) is 19.4. The molecule has 3 aromatic carbocycles. The molecule has 0 fully saturated rings. The first kappa shape index (κ1) is 23.9. The molecule has 0 aliphatic heterocycles. The van der Waals surface area contributed by atoms with Crippen LogP contribution in [0.2, 0.25) is 0 Å². The van der Waals surface area contributed by atoms with E-state index in [1.165, 1.54) is 5.56 Å². The summed E-state index contributed by atoms with van der Waals surface area (Å²) in [5.74, 6) is 0.919. The largest absolute Gasteiger partial charge is 0.489 e. The Hall–Kier alpha value is -4.26. The van der Waals surface area contributed by atoms with Crippen molar-refractivity contribution in [3.63, 3.8) is 0 Å². The van der Waals surface area contributed by atoms with E-state index in [1.807, 2.05) is 72.8 Å². The molecule has 4 rings (SSSR count). The summed E-state index contributed by atoms with van der Waals surface area (Å²) in [5, 5.41) is 11.1. The van der Waals surface area contributed by atoms with Gasteiger partial charge in [0.05, 0.1) is 0 Å². The molecular weight excluding hydrogens is 440 g/mol. The molecule has 2 N–H and O–H groups in total. The van der Waals surface area contributed by atoms with Crippen molar-refractivity contribution in [2.75, 3.05) is 6.54 Å². The third-order valence-corrected chi connectivity index (χ3v) is 5.52. The van der Waals surface area contributed by atoms with Crippen molar-refractivity contribution < 1.29 is 9.53 Å². The lowest BCUT2D eigenvalue weighted by molar-refractivity contribution is -0.121. The maximum absolute atomic E-state index is 12.5. The molecule has 0 bridgehead atoms. The van der Waals surface area contributed by atoms with Crippen LogP contribution < -0.4 is 15.6 Å². The van der Waals surface area contributed by atoms with Crippen LogP contribution in [0.5, 0.6) is 5.75 Å². The van der Waals surface area contributed by atoms with Gasteiger partial charge in [0.1, 0.15) is 18.1 Å². The monoisotopic (exact) mass is 468 g/mol. The topological polar surface area (TPSA) is 97.0 Å². The summed E-state index contributed by atoms with van der Waals surface area (Å²) in [6, 6.07) is 27.4. The van der Waals surface area contributed by atoms with Crippen LogP contribution >= 0.6 is 0 Å². The number of amides is 1. The summed E-state index contributed by atoms with van der Waals surface area (Å²) in [7, 11) is 0. The van der Waals surface area contributed by atoms with Gasteiger partial charge < -0.3 is 15.0 Å². The van der Waals surface area contributed by atoms with Gasteiger partial charge in [-0.05, 0) is 36.1 Å². The Morgan fingerprint density at radius 3 is 2.34 bits per heavy atom. The maximum Gasteiger partial charge on any atom is 0.273 e. The van der Waals surface area contributed by atoms with Crippen molar-refractivity contribution >= 4 is 5.91 Å². The van der Waals surface area contributed by atoms with E-state index in [-0.39, 0.29) is 30.0 Å². The quantitative estimate of drug-likeness (QED) is 0.323. The number of nitrogens with zero attached hydrogens (tertiary/aromatic N) is 2. The lowest BCUT2D eigenvalue weighted by Gasteiger charge is -2.08. The van der Waals surface area contributed by atoms with Crippen molar-refractivity contribution in [1.82, 2.24) is 20.5 Å². The zero-order valence-electron chi connectivity index (χ0n) is 19.4. The number of aromatic nitrogens is 3. The van der Waals surface area contributed by atoms with Gasteiger partial charge >= 0.3 is 0 Å². The highest BCUT2D eigenvalue weighted by Gasteiger charge is 2.10. The Labute approximate surface area is 204 Å². The molecule has 7 heteroatoms. The second kappa shape index (κ2) is 12.3. The highest BCUT2D eigenvalue weighted by atomic mass is 16.5. The number of benzene rings is 3. The van der Waals surface area contributed by atoms with Gasteiger partial charge in [0.2, 0.25) is 5.91 Å². The van der Waals surface area contributed by atoms with Gasteiger partial charge in [0.15, 0.2) is 5.82 Å². The highest BCUT2D eigenvalue weighted by Crippen LogP contribution is 2.21. The fraction of sp³-hybridized carbons (Fsp3) is 0.214. The van der Waals surface area contributed by atoms with E-state index in [0.717, 1.165) is 18.4 Å². The lowest BCUT2D eigenvalue weighted by atomic mass is 10.1. The third kappa shape index (κ3) is 7.37. The number of hydrogen-bond acceptors (Lipinski definition) is 5. The molecule has 178 valence electrons. The average molecular weight is 469 g/mol. The fourth-order valence-electron chi connectivity index (χ4n) is 3.61. The Kier molecular flexibility index (Phi) is 8.37. The number of ether oxygens (including phenoxy) is 1. The Balaban J connectivity index is 1.26. The second-order valence-corrected chi connectivity index (χ2v) is 8.19. The van der Waals surface area contributed by atoms with Crippen LogP contribution in [0.15, 0.2) is 89.7 Å². The number of rotatable bonds is 11. The molecule has 1 amide bonds. The predicted molar refractivity (Wildman–Crippen MR) is 135 cm³/mol. The normalized spacial score (nSPS) is 10.6. The average Bonchev–Trinajstić information content (AvgIpc) is 2.90. The van der Waals surface area contributed by atoms with Crippen LogP contribution in [0.1, 0.15) is 29.7 Å². The van der Waals surface area contributed by atoms with E-state index >= 15 is 0 Å². The Bertz CT molecular complexity index is 1290. The molecule has 0 spiro atoms. The maximum atomic E-state index is 12.5. The molecule has 0 aliphatic carbocycles. The number of aromatic amines is 1. The molecule has 0 unspecified atom stereocenters. The highest BCUT2D eigenvalue weighted by molar-refractivity contribution is 5.76. The summed E-state index contributed by atoms with van der Waals surface area (Å²) >= 11 is 0. The van der Waals surface area contributed by atoms with E-state index < -0.39 is 0 Å². The molecule has 0 saturated carbocycles. The number of carbonyl (C=O) groups is 1. The first-order chi connectivity index (χ1) is 17.2. The van der Waals surface area contributed by atoms with E-state index in [0.29, 0.717) is 30.3 Å². The van der Waals surface area contributed by atoms with Crippen molar-refractivity contribution in [2.45, 2.75) is 32.3 Å². The van der Waals surface area contributed by atoms with Crippen LogP contribution in [-0.2, 0) is 24.2 Å². The minimum atomic E-state index is -0.345. The summed E-state index contributed by atoms with van der Waals surface area (Å²) in [6.07, 6.45) is 2.18. The molecule has 0 atom stereocenters. The summed E-state index contributed by atoms with van der Waals surface area (Å²) < 4.78 is 5.85. The number of H-pyrrole nitrogens is 1. The molecule has 0 aliphatic rings. The summed E-state index contributed by atoms with van der Waals surface area (Å²) in [5.41, 5.74) is 2.91. The minimum Gasteiger partial charge on any atom is -0.489 e. The summed E-state index contributed by atoms with van der Waals surface area (Å²) in [4.78, 5) is 27.4. The Morgan fingerprint density at radius 2 is 1.60 bits per heavy atom. The van der Waals surface area contributed by atoms with Crippen LogP contribution in [0.4, 0.5) is 0 Å². The number of aryl methyl sites for hydroxylation is 2. The van der Waals surface area contributed by atoms with Gasteiger partial charge in [-0.2, -0.15) is 0 Å². The molecule has 35 heavy (non-hydrogen) atoms. The van der Waals surface area contributed by atoms with E-state index in [9.17, 15) is 9.59 Å². The van der Waals surface area contributed by atoms with Crippen molar-refractivity contribution in [2.24, 2.45) is 0 Å². The Morgan fingerprint density at radius 1 is 0.857 bits per heavy atom. The van der Waals surface area contributed by atoms with Gasteiger partial charge in [-0.3, -0.25) is 9.59 Å². The first-order valence-electron chi connectivity index (χ1n) is 11.7. The van der Waals surface area contributed by atoms with Crippen LogP contribution in [0.25, 0.3) is 11.4 Å². The van der Waals surface area contributed by atoms with E-state index in [4.69, 9.17) is 4.74 Å². The van der Waals surface area contributed by atoms with Gasteiger partial charge in [-0.15, -0.1) is 10.2 Å². The third-order valence-electron chi connectivity index (χ3n) is 5.52. The molecular formula is C28H28N4O3. The molecule has 1 aromatic heterocycles. The SMILES string of the molecule is O=C(CCc1nnc(-c2cccc(OCc3ccccc3)c2)[nH]c1=O)NCCCc1ccccc1. The molecule has 4 aromatic rings. The predicted octanol–water partition coefficient (Wildman–Crippen LogP) is 4.09. The van der Waals surface area contributed by atoms with Crippen LogP contribution in [0, 0.1) is 0 Å². The number of hydrogen-bond donors (Lipinski definition) is 2. The fourth-order valence-corrected chi connectivity index (χ4v) is 3.61. The standard InChI is InChI=1S/C28H28N4O3/c33-26(29-18-8-13-21-9-3-1-4-10-21)17-16-25-28(34)30-27(32-31-25)23-14-7-15-24(19-23)35-20-22-11-5-2-6-12-22/h1-7,9-12,14-15,19H,8,13,16-18,20H2,(H,29,33)(H,30,32,34). The van der Waals surface area contributed by atoms with Crippen LogP contribution in [-0.4, -0.2) is 27.6 Å². The molecule has 0 saturated heterocycles. The van der Waals surface area contributed by atoms with Crippen molar-refractivity contribution in [3.05, 3.63) is 112 Å². The smallest absolute Gasteiger partial charge is 0.273 e. The van der Waals surface area contributed by atoms with E-state index in [1.54, 1.807) is 0 Å². The van der Waals surface area contributed by atoms with Crippen LogP contribution in [0.3, 0.4) is 0 Å². The lowest BCUT2D eigenvalue weighted by Crippen LogP contribution is -2.26. The van der Waals surface area contributed by atoms with Gasteiger partial charge in [-0.1, -0.05) is 72.8 Å². The first-order valence-corrected chi connectivity index (χ1v) is 11.7. The van der Waals surface area contributed by atoms with E-state index in [2.05, 4.69) is 32.6 Å². The summed E-state index contributed by atoms with van der Waals surface area (Å²) in [6.45, 7) is 1.04. The van der Waals surface area contributed by atoms with Crippen molar-refractivity contribution in [1.29, 1.82) is 0 Å². The van der Waals surface area contributed by atoms with Crippen molar-refractivity contribution in [3.8, 4) is 17.1 Å². The zero-order chi connectivity index (χ0) is 24.3. The number of carbonyl (C=O) groups excluding carboxylic acids is 1. The minimum absolute atomic E-state index is 0.105. The number of nitrogens with one attached hydrogen (secondary N) is 2. The van der Waals surface area contributed by atoms with Gasteiger partial charge in [-0.25, -0.2) is 0 Å².